The Morgan fingerprint density at radius 3 is 2.48 bits per heavy atom. The molecular formula is C18H10BrClS. The van der Waals surface area contributed by atoms with E-state index in [1.807, 2.05) is 17.4 Å². The van der Waals surface area contributed by atoms with Gasteiger partial charge in [0.25, 0.3) is 0 Å². The van der Waals surface area contributed by atoms with E-state index >= 15 is 0 Å². The van der Waals surface area contributed by atoms with Crippen LogP contribution in [0.2, 0.25) is 5.02 Å². The van der Waals surface area contributed by atoms with Crippen molar-refractivity contribution in [2.75, 3.05) is 0 Å². The average Bonchev–Trinajstić information content (AvgIpc) is 2.86. The second-order valence-electron chi connectivity index (χ2n) is 4.93. The molecule has 3 heteroatoms. The lowest BCUT2D eigenvalue weighted by atomic mass is 10.0. The zero-order valence-corrected chi connectivity index (χ0v) is 14.1. The largest absolute Gasteiger partial charge is 0.135 e. The van der Waals surface area contributed by atoms with E-state index in [0.29, 0.717) is 0 Å². The van der Waals surface area contributed by atoms with Crippen molar-refractivity contribution in [3.05, 3.63) is 70.2 Å². The summed E-state index contributed by atoms with van der Waals surface area (Å²) >= 11 is 11.5. The summed E-state index contributed by atoms with van der Waals surface area (Å²) in [6.07, 6.45) is 0. The van der Waals surface area contributed by atoms with Crippen molar-refractivity contribution in [2.24, 2.45) is 0 Å². The number of thiophene rings is 1. The fourth-order valence-electron chi connectivity index (χ4n) is 2.63. The van der Waals surface area contributed by atoms with Crippen molar-refractivity contribution in [3.8, 4) is 11.1 Å². The number of rotatable bonds is 1. The molecule has 0 atom stereocenters. The van der Waals surface area contributed by atoms with Gasteiger partial charge in [0.2, 0.25) is 0 Å². The molecule has 1 heterocycles. The van der Waals surface area contributed by atoms with Gasteiger partial charge in [-0.1, -0.05) is 57.9 Å². The average molecular weight is 374 g/mol. The Hall–Kier alpha value is -1.35. The molecule has 0 spiro atoms. The molecule has 4 aromatic rings. The minimum atomic E-state index is 0.788. The second kappa shape index (κ2) is 5.13. The molecule has 0 aliphatic rings. The lowest BCUT2D eigenvalue weighted by molar-refractivity contribution is 1.63. The van der Waals surface area contributed by atoms with Crippen molar-refractivity contribution in [2.45, 2.75) is 0 Å². The van der Waals surface area contributed by atoms with Crippen LogP contribution in [0.25, 0.3) is 31.3 Å². The van der Waals surface area contributed by atoms with Crippen molar-refractivity contribution < 1.29 is 0 Å². The zero-order chi connectivity index (χ0) is 14.4. The molecule has 0 saturated carbocycles. The Balaban J connectivity index is 2.06. The van der Waals surface area contributed by atoms with E-state index in [9.17, 15) is 0 Å². The summed E-state index contributed by atoms with van der Waals surface area (Å²) in [5.41, 5.74) is 2.51. The summed E-state index contributed by atoms with van der Waals surface area (Å²) in [6.45, 7) is 0. The molecule has 4 rings (SSSR count). The van der Waals surface area contributed by atoms with Crippen LogP contribution in [0.5, 0.6) is 0 Å². The first-order valence-electron chi connectivity index (χ1n) is 6.59. The Bertz CT molecular complexity index is 954. The van der Waals surface area contributed by atoms with E-state index in [2.05, 4.69) is 70.5 Å². The van der Waals surface area contributed by atoms with Crippen molar-refractivity contribution in [1.29, 1.82) is 0 Å². The lowest BCUT2D eigenvalue weighted by Crippen LogP contribution is -1.77. The van der Waals surface area contributed by atoms with Gasteiger partial charge in [-0.2, -0.15) is 0 Å². The van der Waals surface area contributed by atoms with Gasteiger partial charge in [-0.25, -0.2) is 0 Å². The van der Waals surface area contributed by atoms with E-state index < -0.39 is 0 Å². The molecule has 0 aliphatic heterocycles. The SMILES string of the molecule is Clc1ccc2sc3c(-c4ccc(Br)cc4)cccc3c2c1. The highest BCUT2D eigenvalue weighted by atomic mass is 79.9. The molecule has 1 aromatic heterocycles. The molecule has 0 nitrogen and oxygen atoms in total. The molecule has 3 aromatic carbocycles. The standard InChI is InChI=1S/C18H10BrClS/c19-12-6-4-11(5-7-12)14-2-1-3-15-16-10-13(20)8-9-17(16)21-18(14)15/h1-10H. The predicted molar refractivity (Wildman–Crippen MR) is 97.5 cm³/mol. The van der Waals surface area contributed by atoms with Crippen LogP contribution in [0, 0.1) is 0 Å². The number of benzene rings is 3. The molecule has 0 aliphatic carbocycles. The third-order valence-electron chi connectivity index (χ3n) is 3.61. The Morgan fingerprint density at radius 2 is 1.67 bits per heavy atom. The zero-order valence-electron chi connectivity index (χ0n) is 10.9. The molecule has 0 bridgehead atoms. The van der Waals surface area contributed by atoms with Crippen LogP contribution in [0.15, 0.2) is 65.1 Å². The predicted octanol–water partition coefficient (Wildman–Crippen LogP) is 7.14. The van der Waals surface area contributed by atoms with Crippen LogP contribution in [0.4, 0.5) is 0 Å². The van der Waals surface area contributed by atoms with E-state index in [4.69, 9.17) is 11.6 Å². The molecular weight excluding hydrogens is 364 g/mol. The fourth-order valence-corrected chi connectivity index (χ4v) is 4.28. The highest BCUT2D eigenvalue weighted by Crippen LogP contribution is 2.40. The summed E-state index contributed by atoms with van der Waals surface area (Å²) < 4.78 is 3.69. The number of hydrogen-bond acceptors (Lipinski definition) is 1. The maximum Gasteiger partial charge on any atom is 0.0433 e. The summed E-state index contributed by atoms with van der Waals surface area (Å²) in [5.74, 6) is 0. The monoisotopic (exact) mass is 372 g/mol. The minimum absolute atomic E-state index is 0.788. The topological polar surface area (TPSA) is 0 Å². The maximum atomic E-state index is 6.15. The molecule has 0 amide bonds. The van der Waals surface area contributed by atoms with Crippen LogP contribution < -0.4 is 0 Å². The molecule has 0 N–H and O–H groups in total. The molecule has 0 fully saturated rings. The highest BCUT2D eigenvalue weighted by molar-refractivity contribution is 9.10. The van der Waals surface area contributed by atoms with Gasteiger partial charge in [0.05, 0.1) is 0 Å². The first-order chi connectivity index (χ1) is 10.2. The fraction of sp³-hybridized carbons (Fsp3) is 0. The van der Waals surface area contributed by atoms with Crippen LogP contribution >= 0.6 is 38.9 Å². The van der Waals surface area contributed by atoms with Gasteiger partial charge in [0, 0.05) is 29.7 Å². The Labute approximate surface area is 140 Å². The van der Waals surface area contributed by atoms with Gasteiger partial charge >= 0.3 is 0 Å². The normalized spacial score (nSPS) is 11.3. The van der Waals surface area contributed by atoms with E-state index in [-0.39, 0.29) is 0 Å². The second-order valence-corrected chi connectivity index (χ2v) is 7.34. The maximum absolute atomic E-state index is 6.15. The van der Waals surface area contributed by atoms with Crippen molar-refractivity contribution in [1.82, 2.24) is 0 Å². The van der Waals surface area contributed by atoms with Crippen LogP contribution in [0.3, 0.4) is 0 Å². The minimum Gasteiger partial charge on any atom is -0.135 e. The summed E-state index contributed by atoms with van der Waals surface area (Å²) in [5, 5.41) is 3.30. The number of hydrogen-bond donors (Lipinski definition) is 0. The van der Waals surface area contributed by atoms with Gasteiger partial charge < -0.3 is 0 Å². The van der Waals surface area contributed by atoms with Gasteiger partial charge in [0.1, 0.15) is 0 Å². The number of halogens is 2. The number of fused-ring (bicyclic) bond motifs is 3. The van der Waals surface area contributed by atoms with Crippen LogP contribution in [0.1, 0.15) is 0 Å². The third kappa shape index (κ3) is 2.28. The van der Waals surface area contributed by atoms with Gasteiger partial charge in [-0.15, -0.1) is 11.3 Å². The molecule has 0 saturated heterocycles. The van der Waals surface area contributed by atoms with E-state index in [1.165, 1.54) is 31.3 Å². The smallest absolute Gasteiger partial charge is 0.0433 e. The highest BCUT2D eigenvalue weighted by Gasteiger charge is 2.10. The van der Waals surface area contributed by atoms with Crippen LogP contribution in [-0.2, 0) is 0 Å². The van der Waals surface area contributed by atoms with Crippen molar-refractivity contribution >= 4 is 59.0 Å². The van der Waals surface area contributed by atoms with Gasteiger partial charge in [0.15, 0.2) is 0 Å². The summed E-state index contributed by atoms with van der Waals surface area (Å²) in [4.78, 5) is 0. The quantitative estimate of drug-likeness (QED) is 0.332. The first kappa shape index (κ1) is 13.3. The third-order valence-corrected chi connectivity index (χ3v) is 5.60. The van der Waals surface area contributed by atoms with Gasteiger partial charge in [-0.3, -0.25) is 0 Å². The molecule has 0 unspecified atom stereocenters. The van der Waals surface area contributed by atoms with Gasteiger partial charge in [-0.05, 0) is 41.5 Å². The van der Waals surface area contributed by atoms with E-state index in [0.717, 1.165) is 9.50 Å². The molecule has 21 heavy (non-hydrogen) atoms. The van der Waals surface area contributed by atoms with E-state index in [1.54, 1.807) is 0 Å². The van der Waals surface area contributed by atoms with Crippen LogP contribution in [-0.4, -0.2) is 0 Å². The Morgan fingerprint density at radius 1 is 0.857 bits per heavy atom. The molecule has 0 radical (unpaired) electrons. The summed E-state index contributed by atoms with van der Waals surface area (Å²) in [7, 11) is 0. The summed E-state index contributed by atoms with van der Waals surface area (Å²) in [6, 6.07) is 21.1. The Kier molecular flexibility index (Phi) is 3.26. The van der Waals surface area contributed by atoms with Crippen molar-refractivity contribution in [3.63, 3.8) is 0 Å². The first-order valence-corrected chi connectivity index (χ1v) is 8.58. The molecule has 102 valence electrons. The lowest BCUT2D eigenvalue weighted by Gasteiger charge is -2.03.